The maximum Gasteiger partial charge on any atom is 0.123 e. The minimum atomic E-state index is -0.216. The summed E-state index contributed by atoms with van der Waals surface area (Å²) in [5, 5.41) is 3.60. The van der Waals surface area contributed by atoms with E-state index in [0.717, 1.165) is 11.4 Å². The van der Waals surface area contributed by atoms with Gasteiger partial charge < -0.3 is 5.32 Å². The molecule has 0 radical (unpaired) electrons. The average molecular weight is 344 g/mol. The van der Waals surface area contributed by atoms with Crippen molar-refractivity contribution in [2.75, 3.05) is 0 Å². The maximum atomic E-state index is 13.6. The first-order chi connectivity index (χ1) is 12.7. The van der Waals surface area contributed by atoms with E-state index in [0.29, 0.717) is 0 Å². The molecule has 3 heteroatoms. The number of hydrogen-bond donors (Lipinski definition) is 1. The van der Waals surface area contributed by atoms with Gasteiger partial charge in [0.15, 0.2) is 0 Å². The van der Waals surface area contributed by atoms with Gasteiger partial charge in [-0.3, -0.25) is 4.99 Å². The van der Waals surface area contributed by atoms with E-state index < -0.39 is 0 Å². The highest BCUT2D eigenvalue weighted by molar-refractivity contribution is 5.91. The minimum absolute atomic E-state index is 0.00427. The van der Waals surface area contributed by atoms with E-state index in [-0.39, 0.29) is 23.8 Å². The SMILES string of the molecule is CC(C1=NC(c2ccccc2)C(c2ccccc2)N1)c1cccc(F)c1. The van der Waals surface area contributed by atoms with Gasteiger partial charge in [0.1, 0.15) is 17.7 Å². The molecule has 0 aromatic heterocycles. The van der Waals surface area contributed by atoms with E-state index in [4.69, 9.17) is 4.99 Å². The molecular formula is C23H21FN2. The van der Waals surface area contributed by atoms with Crippen molar-refractivity contribution in [2.24, 2.45) is 4.99 Å². The van der Waals surface area contributed by atoms with Gasteiger partial charge in [-0.15, -0.1) is 0 Å². The second-order valence-corrected chi connectivity index (χ2v) is 6.68. The standard InChI is InChI=1S/C23H21FN2/c1-16(19-13-8-14-20(24)15-19)23-25-21(17-9-4-2-5-10-17)22(26-23)18-11-6-3-7-12-18/h2-16,21-22H,1H3,(H,25,26). The zero-order chi connectivity index (χ0) is 17.9. The molecular weight excluding hydrogens is 323 g/mol. The molecule has 3 atom stereocenters. The van der Waals surface area contributed by atoms with E-state index in [1.54, 1.807) is 12.1 Å². The van der Waals surface area contributed by atoms with Crippen molar-refractivity contribution in [3.63, 3.8) is 0 Å². The fraction of sp³-hybridized carbons (Fsp3) is 0.174. The normalized spacial score (nSPS) is 20.3. The number of benzene rings is 3. The van der Waals surface area contributed by atoms with Crippen LogP contribution in [0, 0.1) is 5.82 Å². The van der Waals surface area contributed by atoms with E-state index in [1.807, 2.05) is 42.5 Å². The Morgan fingerprint density at radius 2 is 1.50 bits per heavy atom. The van der Waals surface area contributed by atoms with Crippen molar-refractivity contribution in [3.05, 3.63) is 107 Å². The molecule has 0 spiro atoms. The van der Waals surface area contributed by atoms with Gasteiger partial charge >= 0.3 is 0 Å². The Labute approximate surface area is 153 Å². The summed E-state index contributed by atoms with van der Waals surface area (Å²) in [6, 6.07) is 27.5. The van der Waals surface area contributed by atoms with Crippen LogP contribution < -0.4 is 5.32 Å². The highest BCUT2D eigenvalue weighted by Crippen LogP contribution is 2.38. The number of rotatable bonds is 4. The summed E-state index contributed by atoms with van der Waals surface area (Å²) in [6.07, 6.45) is 0. The van der Waals surface area contributed by atoms with E-state index in [2.05, 4.69) is 36.5 Å². The van der Waals surface area contributed by atoms with Gasteiger partial charge in [0.25, 0.3) is 0 Å². The van der Waals surface area contributed by atoms with Crippen molar-refractivity contribution in [3.8, 4) is 0 Å². The quantitative estimate of drug-likeness (QED) is 0.672. The molecule has 0 fully saturated rings. The minimum Gasteiger partial charge on any atom is -0.364 e. The molecule has 3 aromatic carbocycles. The third kappa shape index (κ3) is 3.25. The van der Waals surface area contributed by atoms with Crippen LogP contribution in [0.3, 0.4) is 0 Å². The van der Waals surface area contributed by atoms with Crippen molar-refractivity contribution < 1.29 is 4.39 Å². The Bertz CT molecular complexity index is 906. The molecule has 3 unspecified atom stereocenters. The lowest BCUT2D eigenvalue weighted by Crippen LogP contribution is -2.27. The molecule has 130 valence electrons. The van der Waals surface area contributed by atoms with Crippen LogP contribution in [-0.2, 0) is 0 Å². The van der Waals surface area contributed by atoms with Crippen molar-refractivity contribution >= 4 is 5.84 Å². The number of hydrogen-bond acceptors (Lipinski definition) is 2. The lowest BCUT2D eigenvalue weighted by molar-refractivity contribution is 0.570. The Morgan fingerprint density at radius 1 is 0.846 bits per heavy atom. The van der Waals surface area contributed by atoms with Crippen LogP contribution in [0.2, 0.25) is 0 Å². The molecule has 1 aliphatic rings. The summed E-state index contributed by atoms with van der Waals surface area (Å²) in [4.78, 5) is 5.01. The fourth-order valence-electron chi connectivity index (χ4n) is 3.51. The van der Waals surface area contributed by atoms with Crippen LogP contribution in [-0.4, -0.2) is 5.84 Å². The fourth-order valence-corrected chi connectivity index (χ4v) is 3.51. The summed E-state index contributed by atoms with van der Waals surface area (Å²) >= 11 is 0. The molecule has 1 aliphatic heterocycles. The van der Waals surface area contributed by atoms with Crippen LogP contribution >= 0.6 is 0 Å². The first kappa shape index (κ1) is 16.5. The molecule has 26 heavy (non-hydrogen) atoms. The molecule has 1 heterocycles. The van der Waals surface area contributed by atoms with Gasteiger partial charge in [0.2, 0.25) is 0 Å². The Balaban J connectivity index is 1.70. The van der Waals surface area contributed by atoms with Gasteiger partial charge in [-0.25, -0.2) is 4.39 Å². The Kier molecular flexibility index (Phi) is 4.53. The van der Waals surface area contributed by atoms with Crippen molar-refractivity contribution in [2.45, 2.75) is 24.9 Å². The molecule has 2 nitrogen and oxygen atoms in total. The van der Waals surface area contributed by atoms with Crippen LogP contribution in [0.1, 0.15) is 41.6 Å². The number of nitrogens with one attached hydrogen (secondary N) is 1. The zero-order valence-corrected chi connectivity index (χ0v) is 14.6. The lowest BCUT2D eigenvalue weighted by Gasteiger charge is -2.20. The summed E-state index contributed by atoms with van der Waals surface area (Å²) in [7, 11) is 0. The number of halogens is 1. The third-order valence-electron chi connectivity index (χ3n) is 4.96. The smallest absolute Gasteiger partial charge is 0.123 e. The predicted octanol–water partition coefficient (Wildman–Crippen LogP) is 5.41. The molecule has 0 bridgehead atoms. The summed E-state index contributed by atoms with van der Waals surface area (Å²) in [5.41, 5.74) is 3.30. The highest BCUT2D eigenvalue weighted by atomic mass is 19.1. The van der Waals surface area contributed by atoms with Crippen LogP contribution in [0.25, 0.3) is 0 Å². The van der Waals surface area contributed by atoms with Crippen LogP contribution in [0.15, 0.2) is 89.9 Å². The Morgan fingerprint density at radius 3 is 2.15 bits per heavy atom. The third-order valence-corrected chi connectivity index (χ3v) is 4.96. The summed E-state index contributed by atoms with van der Waals surface area (Å²) < 4.78 is 13.6. The van der Waals surface area contributed by atoms with E-state index >= 15 is 0 Å². The number of nitrogens with zero attached hydrogens (tertiary/aromatic N) is 1. The molecule has 0 amide bonds. The van der Waals surface area contributed by atoms with Crippen LogP contribution in [0.5, 0.6) is 0 Å². The number of aliphatic imine (C=N–C) groups is 1. The van der Waals surface area contributed by atoms with Crippen LogP contribution in [0.4, 0.5) is 4.39 Å². The van der Waals surface area contributed by atoms with E-state index in [9.17, 15) is 4.39 Å². The second kappa shape index (κ2) is 7.12. The second-order valence-electron chi connectivity index (χ2n) is 6.68. The molecule has 0 saturated heterocycles. The van der Waals surface area contributed by atoms with Crippen molar-refractivity contribution in [1.29, 1.82) is 0 Å². The summed E-state index contributed by atoms with van der Waals surface area (Å²) in [6.45, 7) is 2.07. The average Bonchev–Trinajstić information content (AvgIpc) is 3.14. The van der Waals surface area contributed by atoms with Gasteiger partial charge in [-0.2, -0.15) is 0 Å². The van der Waals surface area contributed by atoms with E-state index in [1.165, 1.54) is 17.2 Å². The molecule has 0 saturated carbocycles. The molecule has 4 rings (SSSR count). The van der Waals surface area contributed by atoms with Gasteiger partial charge in [-0.05, 0) is 28.8 Å². The monoisotopic (exact) mass is 344 g/mol. The lowest BCUT2D eigenvalue weighted by atomic mass is 9.95. The van der Waals surface area contributed by atoms with Gasteiger partial charge in [-0.1, -0.05) is 79.7 Å². The van der Waals surface area contributed by atoms with Crippen molar-refractivity contribution in [1.82, 2.24) is 5.32 Å². The van der Waals surface area contributed by atoms with Gasteiger partial charge in [0, 0.05) is 5.92 Å². The topological polar surface area (TPSA) is 24.4 Å². The zero-order valence-electron chi connectivity index (χ0n) is 14.6. The summed E-state index contributed by atoms with van der Waals surface area (Å²) in [5.74, 6) is 0.691. The first-order valence-corrected chi connectivity index (χ1v) is 8.92. The Hall–Kier alpha value is -2.94. The molecule has 1 N–H and O–H groups in total. The maximum absolute atomic E-state index is 13.6. The van der Waals surface area contributed by atoms with Gasteiger partial charge in [0.05, 0.1) is 6.04 Å². The molecule has 3 aromatic rings. The number of amidine groups is 1. The largest absolute Gasteiger partial charge is 0.364 e. The predicted molar refractivity (Wildman–Crippen MR) is 104 cm³/mol. The molecule has 0 aliphatic carbocycles. The highest BCUT2D eigenvalue weighted by Gasteiger charge is 2.33. The first-order valence-electron chi connectivity index (χ1n) is 8.92.